The van der Waals surface area contributed by atoms with Crippen molar-refractivity contribution in [2.24, 2.45) is 0 Å². The minimum absolute atomic E-state index is 0.188. The molecule has 0 bridgehead atoms. The van der Waals surface area contributed by atoms with E-state index in [0.717, 1.165) is 19.3 Å². The minimum atomic E-state index is -4.45. The summed E-state index contributed by atoms with van der Waals surface area (Å²) in [5.74, 6) is -0.188. The average Bonchev–Trinajstić information content (AvgIpc) is 3.00. The van der Waals surface area contributed by atoms with Gasteiger partial charge in [-0.15, -0.1) is 0 Å². The van der Waals surface area contributed by atoms with Crippen molar-refractivity contribution in [1.82, 2.24) is 15.1 Å². The third-order valence-corrected chi connectivity index (χ3v) is 4.36. The van der Waals surface area contributed by atoms with E-state index in [2.05, 4.69) is 10.4 Å². The molecular formula is C18H20F3N3O. The molecule has 0 aliphatic heterocycles. The topological polar surface area (TPSA) is 46.9 Å². The van der Waals surface area contributed by atoms with Crippen molar-refractivity contribution in [3.8, 4) is 5.69 Å². The zero-order valence-corrected chi connectivity index (χ0v) is 14.0. The fourth-order valence-electron chi connectivity index (χ4n) is 3.13. The molecule has 1 N–H and O–H groups in total. The number of fused-ring (bicyclic) bond motifs is 1. The number of carbonyl (C=O) groups is 1. The smallest absolute Gasteiger partial charge is 0.352 e. The van der Waals surface area contributed by atoms with Crippen LogP contribution in [0, 0.1) is 0 Å². The molecule has 1 heterocycles. The second kappa shape index (κ2) is 6.90. The number of hydrogen-bond donors (Lipinski definition) is 1. The van der Waals surface area contributed by atoms with E-state index in [9.17, 15) is 18.0 Å². The van der Waals surface area contributed by atoms with E-state index in [1.54, 1.807) is 24.3 Å². The lowest BCUT2D eigenvalue weighted by Crippen LogP contribution is -2.23. The second-order valence-electron chi connectivity index (χ2n) is 6.19. The maximum Gasteiger partial charge on any atom is 0.435 e. The van der Waals surface area contributed by atoms with Crippen molar-refractivity contribution < 1.29 is 18.0 Å². The van der Waals surface area contributed by atoms with Gasteiger partial charge in [-0.05, 0) is 56.4 Å². The van der Waals surface area contributed by atoms with Gasteiger partial charge in [0.25, 0.3) is 5.91 Å². The van der Waals surface area contributed by atoms with Gasteiger partial charge < -0.3 is 5.32 Å². The van der Waals surface area contributed by atoms with Crippen molar-refractivity contribution in [2.75, 3.05) is 6.54 Å². The van der Waals surface area contributed by atoms with E-state index >= 15 is 0 Å². The van der Waals surface area contributed by atoms with Crippen LogP contribution in [0.4, 0.5) is 13.2 Å². The number of benzene rings is 1. The van der Waals surface area contributed by atoms with Gasteiger partial charge in [0.05, 0.1) is 5.69 Å². The number of aromatic nitrogens is 2. The summed E-state index contributed by atoms with van der Waals surface area (Å²) in [7, 11) is 0. The van der Waals surface area contributed by atoms with Crippen LogP contribution in [0.5, 0.6) is 0 Å². The van der Waals surface area contributed by atoms with Crippen molar-refractivity contribution in [2.45, 2.75) is 45.2 Å². The molecule has 0 spiro atoms. The molecule has 1 aliphatic rings. The summed E-state index contributed by atoms with van der Waals surface area (Å²) < 4.78 is 41.2. The SMILES string of the molecule is CCCNC(=O)c1ccc(-n2nc(C(F)(F)F)c3c2CCCC3)cc1. The molecule has 25 heavy (non-hydrogen) atoms. The fourth-order valence-corrected chi connectivity index (χ4v) is 3.13. The molecule has 1 aromatic heterocycles. The normalized spacial score (nSPS) is 14.2. The molecule has 1 amide bonds. The standard InChI is InChI=1S/C18H20F3N3O/c1-2-11-22-17(25)12-7-9-13(10-8-12)24-15-6-4-3-5-14(15)16(23-24)18(19,20)21/h7-10H,2-6,11H2,1H3,(H,22,25). The van der Waals surface area contributed by atoms with E-state index < -0.39 is 11.9 Å². The van der Waals surface area contributed by atoms with Crippen LogP contribution in [0.1, 0.15) is 53.5 Å². The van der Waals surface area contributed by atoms with Crippen molar-refractivity contribution in [1.29, 1.82) is 0 Å². The number of alkyl halides is 3. The van der Waals surface area contributed by atoms with Crippen LogP contribution in [0.15, 0.2) is 24.3 Å². The molecule has 0 fully saturated rings. The Labute approximate surface area is 144 Å². The summed E-state index contributed by atoms with van der Waals surface area (Å²) in [6, 6.07) is 6.51. The molecule has 0 saturated carbocycles. The number of nitrogens with zero attached hydrogens (tertiary/aromatic N) is 2. The van der Waals surface area contributed by atoms with Gasteiger partial charge in [-0.25, -0.2) is 4.68 Å². The molecule has 1 aliphatic carbocycles. The third kappa shape index (κ3) is 3.55. The Bertz CT molecular complexity index is 763. The first-order valence-electron chi connectivity index (χ1n) is 8.48. The maximum atomic E-state index is 13.3. The lowest BCUT2D eigenvalue weighted by Gasteiger charge is -2.15. The van der Waals surface area contributed by atoms with Crippen molar-refractivity contribution in [3.05, 3.63) is 46.8 Å². The Morgan fingerprint density at radius 3 is 2.52 bits per heavy atom. The van der Waals surface area contributed by atoms with E-state index in [0.29, 0.717) is 41.9 Å². The van der Waals surface area contributed by atoms with E-state index in [1.807, 2.05) is 6.92 Å². The highest BCUT2D eigenvalue weighted by molar-refractivity contribution is 5.94. The van der Waals surface area contributed by atoms with Gasteiger partial charge in [0, 0.05) is 23.4 Å². The van der Waals surface area contributed by atoms with Gasteiger partial charge in [0.15, 0.2) is 5.69 Å². The highest BCUT2D eigenvalue weighted by Crippen LogP contribution is 2.36. The van der Waals surface area contributed by atoms with Gasteiger partial charge in [-0.3, -0.25) is 4.79 Å². The van der Waals surface area contributed by atoms with Gasteiger partial charge in [-0.2, -0.15) is 18.3 Å². The molecular weight excluding hydrogens is 331 g/mol. The molecule has 4 nitrogen and oxygen atoms in total. The third-order valence-electron chi connectivity index (χ3n) is 4.36. The zero-order chi connectivity index (χ0) is 18.0. The van der Waals surface area contributed by atoms with Crippen LogP contribution >= 0.6 is 0 Å². The molecule has 2 aromatic rings. The van der Waals surface area contributed by atoms with Crippen LogP contribution in [0.2, 0.25) is 0 Å². The van der Waals surface area contributed by atoms with Gasteiger partial charge >= 0.3 is 6.18 Å². The number of amides is 1. The second-order valence-corrected chi connectivity index (χ2v) is 6.19. The lowest BCUT2D eigenvalue weighted by molar-refractivity contribution is -0.142. The molecule has 0 radical (unpaired) electrons. The first kappa shape index (κ1) is 17.5. The van der Waals surface area contributed by atoms with Crippen molar-refractivity contribution >= 4 is 5.91 Å². The number of halogens is 3. The molecule has 0 unspecified atom stereocenters. The van der Waals surface area contributed by atoms with E-state index in [1.165, 1.54) is 4.68 Å². The summed E-state index contributed by atoms with van der Waals surface area (Å²) in [6.07, 6.45) is -1.03. The predicted molar refractivity (Wildman–Crippen MR) is 87.8 cm³/mol. The minimum Gasteiger partial charge on any atom is -0.352 e. The summed E-state index contributed by atoms with van der Waals surface area (Å²) in [4.78, 5) is 11.9. The summed E-state index contributed by atoms with van der Waals surface area (Å²) >= 11 is 0. The molecule has 1 aromatic carbocycles. The van der Waals surface area contributed by atoms with E-state index in [-0.39, 0.29) is 5.91 Å². The number of hydrogen-bond acceptors (Lipinski definition) is 2. The summed E-state index contributed by atoms with van der Waals surface area (Å²) in [5.41, 5.74) is 1.17. The predicted octanol–water partition coefficient (Wildman–Crippen LogP) is 3.91. The monoisotopic (exact) mass is 351 g/mol. The number of rotatable bonds is 4. The Morgan fingerprint density at radius 1 is 1.20 bits per heavy atom. The molecule has 7 heteroatoms. The van der Waals surface area contributed by atoms with E-state index in [4.69, 9.17) is 0 Å². The van der Waals surface area contributed by atoms with Crippen LogP contribution in [-0.2, 0) is 19.0 Å². The molecule has 134 valence electrons. The first-order chi connectivity index (χ1) is 11.9. The highest BCUT2D eigenvalue weighted by atomic mass is 19.4. The molecule has 0 saturated heterocycles. The summed E-state index contributed by atoms with van der Waals surface area (Å²) in [5, 5.41) is 6.62. The largest absolute Gasteiger partial charge is 0.435 e. The Balaban J connectivity index is 1.94. The fraction of sp³-hybridized carbons (Fsp3) is 0.444. The molecule has 3 rings (SSSR count). The Morgan fingerprint density at radius 2 is 1.88 bits per heavy atom. The van der Waals surface area contributed by atoms with Gasteiger partial charge in [0.2, 0.25) is 0 Å². The van der Waals surface area contributed by atoms with Crippen LogP contribution in [0.25, 0.3) is 5.69 Å². The average molecular weight is 351 g/mol. The first-order valence-corrected chi connectivity index (χ1v) is 8.48. The maximum absolute atomic E-state index is 13.3. The number of carbonyl (C=O) groups excluding carboxylic acids is 1. The van der Waals surface area contributed by atoms with Crippen LogP contribution in [-0.4, -0.2) is 22.2 Å². The Hall–Kier alpha value is -2.31. The van der Waals surface area contributed by atoms with Crippen LogP contribution < -0.4 is 5.32 Å². The highest BCUT2D eigenvalue weighted by Gasteiger charge is 2.39. The molecule has 0 atom stereocenters. The quantitative estimate of drug-likeness (QED) is 0.908. The number of nitrogens with one attached hydrogen (secondary N) is 1. The zero-order valence-electron chi connectivity index (χ0n) is 14.0. The lowest BCUT2D eigenvalue weighted by atomic mass is 9.95. The van der Waals surface area contributed by atoms with Crippen LogP contribution in [0.3, 0.4) is 0 Å². The van der Waals surface area contributed by atoms with Gasteiger partial charge in [-0.1, -0.05) is 6.92 Å². The summed E-state index contributed by atoms with van der Waals surface area (Å²) in [6.45, 7) is 2.55. The van der Waals surface area contributed by atoms with Crippen molar-refractivity contribution in [3.63, 3.8) is 0 Å². The Kier molecular flexibility index (Phi) is 4.83. The van der Waals surface area contributed by atoms with Gasteiger partial charge in [0.1, 0.15) is 0 Å².